The number of rotatable bonds is 3. The summed E-state index contributed by atoms with van der Waals surface area (Å²) in [5.74, 6) is 0.722. The third-order valence-electron chi connectivity index (χ3n) is 4.06. The van der Waals surface area contributed by atoms with Crippen molar-refractivity contribution in [2.24, 2.45) is 5.92 Å². The summed E-state index contributed by atoms with van der Waals surface area (Å²) in [6.07, 6.45) is 4.12. The highest BCUT2D eigenvalue weighted by atomic mass is 79.9. The quantitative estimate of drug-likeness (QED) is 0.892. The second kappa shape index (κ2) is 5.94. The highest BCUT2D eigenvalue weighted by Crippen LogP contribution is 2.36. The Hall–Kier alpha value is -1.05. The van der Waals surface area contributed by atoms with Crippen molar-refractivity contribution in [3.05, 3.63) is 28.2 Å². The maximum absolute atomic E-state index is 9.76. The smallest absolute Gasteiger partial charge is 0.103 e. The van der Waals surface area contributed by atoms with Gasteiger partial charge in [0.15, 0.2) is 0 Å². The summed E-state index contributed by atoms with van der Waals surface area (Å²) >= 11 is 3.40. The van der Waals surface area contributed by atoms with Gasteiger partial charge in [-0.25, -0.2) is 0 Å². The number of anilines is 1. The van der Waals surface area contributed by atoms with Crippen molar-refractivity contribution in [2.45, 2.75) is 38.1 Å². The van der Waals surface area contributed by atoms with E-state index >= 15 is 0 Å². The molecule has 2 rings (SSSR count). The Bertz CT molecular complexity index is 487. The molecule has 1 aromatic rings. The van der Waals surface area contributed by atoms with Crippen LogP contribution >= 0.6 is 15.9 Å². The molecule has 1 fully saturated rings. The van der Waals surface area contributed by atoms with Gasteiger partial charge in [-0.1, -0.05) is 13.0 Å². The highest BCUT2D eigenvalue weighted by molar-refractivity contribution is 9.10. The van der Waals surface area contributed by atoms with Crippen molar-refractivity contribution in [1.29, 1.82) is 5.26 Å². The third-order valence-corrected chi connectivity index (χ3v) is 4.72. The Morgan fingerprint density at radius 2 is 2.16 bits per heavy atom. The van der Waals surface area contributed by atoms with Gasteiger partial charge in [0, 0.05) is 4.47 Å². The molecule has 1 aliphatic rings. The Labute approximate surface area is 122 Å². The number of aliphatic hydroxyl groups excluding tert-OH is 1. The Kier molecular flexibility index (Phi) is 4.49. The lowest BCUT2D eigenvalue weighted by molar-refractivity contribution is 0.155. The zero-order valence-corrected chi connectivity index (χ0v) is 12.7. The van der Waals surface area contributed by atoms with E-state index in [2.05, 4.69) is 34.2 Å². The van der Waals surface area contributed by atoms with Crippen LogP contribution in [0.15, 0.2) is 22.7 Å². The van der Waals surface area contributed by atoms with Crippen molar-refractivity contribution in [1.82, 2.24) is 0 Å². The summed E-state index contributed by atoms with van der Waals surface area (Å²) < 4.78 is 0.789. The number of halogens is 1. The molecule has 1 aromatic carbocycles. The molecule has 0 atom stereocenters. The lowest BCUT2D eigenvalue weighted by Gasteiger charge is -2.39. The van der Waals surface area contributed by atoms with Gasteiger partial charge in [0.2, 0.25) is 0 Å². The first kappa shape index (κ1) is 14.4. The van der Waals surface area contributed by atoms with Gasteiger partial charge in [0.25, 0.3) is 0 Å². The van der Waals surface area contributed by atoms with E-state index in [0.717, 1.165) is 41.8 Å². The van der Waals surface area contributed by atoms with E-state index in [1.54, 1.807) is 0 Å². The van der Waals surface area contributed by atoms with E-state index in [4.69, 9.17) is 0 Å². The standard InChI is InChI=1S/C15H19BrN2O/c1-11-5-7-15(10-19,8-6-11)18-14-4-2-3-13(16)12(14)9-17/h2-4,11,18-19H,5-8,10H2,1H3. The van der Waals surface area contributed by atoms with Crippen LogP contribution in [0.5, 0.6) is 0 Å². The van der Waals surface area contributed by atoms with Crippen LogP contribution in [0.4, 0.5) is 5.69 Å². The second-order valence-corrected chi connectivity index (χ2v) is 6.37. The average Bonchev–Trinajstić information content (AvgIpc) is 2.42. The number of benzene rings is 1. The number of nitrogens with one attached hydrogen (secondary N) is 1. The molecule has 0 radical (unpaired) electrons. The molecular formula is C15H19BrN2O. The Morgan fingerprint density at radius 3 is 2.74 bits per heavy atom. The van der Waals surface area contributed by atoms with Gasteiger partial charge < -0.3 is 10.4 Å². The highest BCUT2D eigenvalue weighted by Gasteiger charge is 2.34. The summed E-state index contributed by atoms with van der Waals surface area (Å²) in [5, 5.41) is 22.4. The lowest BCUT2D eigenvalue weighted by atomic mass is 9.77. The molecule has 102 valence electrons. The summed E-state index contributed by atoms with van der Waals surface area (Å²) in [4.78, 5) is 0. The normalized spacial score (nSPS) is 26.7. The van der Waals surface area contributed by atoms with Crippen LogP contribution in [0.1, 0.15) is 38.2 Å². The number of hydrogen-bond donors (Lipinski definition) is 2. The lowest BCUT2D eigenvalue weighted by Crippen LogP contribution is -2.45. The largest absolute Gasteiger partial charge is 0.394 e. The first-order valence-electron chi connectivity index (χ1n) is 6.68. The van der Waals surface area contributed by atoms with Gasteiger partial charge in [-0.05, 0) is 59.7 Å². The van der Waals surface area contributed by atoms with E-state index in [0.29, 0.717) is 5.56 Å². The van der Waals surface area contributed by atoms with Crippen LogP contribution in [-0.4, -0.2) is 17.3 Å². The zero-order chi connectivity index (χ0) is 13.9. The molecule has 19 heavy (non-hydrogen) atoms. The zero-order valence-electron chi connectivity index (χ0n) is 11.1. The Morgan fingerprint density at radius 1 is 1.47 bits per heavy atom. The topological polar surface area (TPSA) is 56.0 Å². The fourth-order valence-corrected chi connectivity index (χ4v) is 3.12. The molecule has 0 saturated heterocycles. The number of aliphatic hydroxyl groups is 1. The van der Waals surface area contributed by atoms with E-state index in [1.807, 2.05) is 18.2 Å². The van der Waals surface area contributed by atoms with Crippen LogP contribution in [0, 0.1) is 17.2 Å². The van der Waals surface area contributed by atoms with E-state index in [-0.39, 0.29) is 12.1 Å². The van der Waals surface area contributed by atoms with Crippen LogP contribution in [0.3, 0.4) is 0 Å². The number of nitrogens with zero attached hydrogens (tertiary/aromatic N) is 1. The molecule has 1 saturated carbocycles. The van der Waals surface area contributed by atoms with E-state index in [1.165, 1.54) is 0 Å². The van der Waals surface area contributed by atoms with Gasteiger partial charge in [-0.15, -0.1) is 0 Å². The molecule has 0 amide bonds. The van der Waals surface area contributed by atoms with Gasteiger partial charge in [0.1, 0.15) is 6.07 Å². The second-order valence-electron chi connectivity index (χ2n) is 5.52. The third kappa shape index (κ3) is 3.10. The van der Waals surface area contributed by atoms with Gasteiger partial charge in [-0.3, -0.25) is 0 Å². The summed E-state index contributed by atoms with van der Waals surface area (Å²) in [6.45, 7) is 2.36. The van der Waals surface area contributed by atoms with E-state index < -0.39 is 0 Å². The summed E-state index contributed by atoms with van der Waals surface area (Å²) in [6, 6.07) is 7.88. The fourth-order valence-electron chi connectivity index (χ4n) is 2.66. The first-order chi connectivity index (χ1) is 9.10. The minimum absolute atomic E-state index is 0.108. The molecule has 0 spiro atoms. The van der Waals surface area contributed by atoms with Crippen molar-refractivity contribution >= 4 is 21.6 Å². The molecule has 1 aliphatic carbocycles. The molecule has 0 heterocycles. The fraction of sp³-hybridized carbons (Fsp3) is 0.533. The predicted octanol–water partition coefficient (Wildman–Crippen LogP) is 3.67. The van der Waals surface area contributed by atoms with Crippen molar-refractivity contribution in [2.75, 3.05) is 11.9 Å². The molecule has 0 aromatic heterocycles. The van der Waals surface area contributed by atoms with Gasteiger partial charge >= 0.3 is 0 Å². The maximum atomic E-state index is 9.76. The minimum atomic E-state index is -0.279. The van der Waals surface area contributed by atoms with Crippen LogP contribution in [-0.2, 0) is 0 Å². The predicted molar refractivity (Wildman–Crippen MR) is 79.9 cm³/mol. The van der Waals surface area contributed by atoms with Gasteiger partial charge in [-0.2, -0.15) is 5.26 Å². The van der Waals surface area contributed by atoms with Crippen LogP contribution < -0.4 is 5.32 Å². The average molecular weight is 323 g/mol. The molecule has 2 N–H and O–H groups in total. The summed E-state index contributed by atoms with van der Waals surface area (Å²) in [7, 11) is 0. The molecule has 0 aliphatic heterocycles. The Balaban J connectivity index is 2.24. The molecule has 3 nitrogen and oxygen atoms in total. The van der Waals surface area contributed by atoms with Crippen LogP contribution in [0.25, 0.3) is 0 Å². The maximum Gasteiger partial charge on any atom is 0.103 e. The number of hydrogen-bond acceptors (Lipinski definition) is 3. The van der Waals surface area contributed by atoms with Crippen LogP contribution in [0.2, 0.25) is 0 Å². The van der Waals surface area contributed by atoms with Gasteiger partial charge in [0.05, 0.1) is 23.4 Å². The van der Waals surface area contributed by atoms with Crippen molar-refractivity contribution in [3.63, 3.8) is 0 Å². The molecule has 0 bridgehead atoms. The molecular weight excluding hydrogens is 304 g/mol. The van der Waals surface area contributed by atoms with Crippen molar-refractivity contribution in [3.8, 4) is 6.07 Å². The van der Waals surface area contributed by atoms with E-state index in [9.17, 15) is 10.4 Å². The van der Waals surface area contributed by atoms with Crippen molar-refractivity contribution < 1.29 is 5.11 Å². The molecule has 4 heteroatoms. The minimum Gasteiger partial charge on any atom is -0.394 e. The summed E-state index contributed by atoms with van der Waals surface area (Å²) in [5.41, 5.74) is 1.13. The molecule has 0 unspecified atom stereocenters. The first-order valence-corrected chi connectivity index (χ1v) is 7.47. The SMILES string of the molecule is CC1CCC(CO)(Nc2cccc(Br)c2C#N)CC1. The number of nitriles is 1. The monoisotopic (exact) mass is 322 g/mol.